The van der Waals surface area contributed by atoms with Gasteiger partial charge in [0, 0.05) is 16.4 Å². The van der Waals surface area contributed by atoms with E-state index in [1.165, 1.54) is 13.3 Å². The largest absolute Gasteiger partial charge is 0.493 e. The topological polar surface area (TPSA) is 127 Å². The Hall–Kier alpha value is -4.83. The molecule has 3 N–H and O–H groups in total. The standard InChI is InChI=1S/C27H25ClN4O6/c1-3-14-37-22-11-9-21(10-12-22)31-26(34)27(35)32-29-16-18-4-13-23(24(15-18)36-2)38-17-25(33)30-20-7-5-19(28)6-8-20/h3-13,15-16H,1,14,17H2,2H3,(H,30,33)(H,31,34)(H,32,35)/b29-16-. The van der Waals surface area contributed by atoms with E-state index in [1.54, 1.807) is 72.8 Å². The Bertz CT molecular complexity index is 1310. The first-order valence-corrected chi connectivity index (χ1v) is 11.6. The van der Waals surface area contributed by atoms with Crippen LogP contribution in [-0.2, 0) is 14.4 Å². The lowest BCUT2D eigenvalue weighted by atomic mass is 10.2. The molecule has 3 aromatic rings. The van der Waals surface area contributed by atoms with Crippen molar-refractivity contribution < 1.29 is 28.6 Å². The van der Waals surface area contributed by atoms with Crippen LogP contribution in [0, 0.1) is 0 Å². The monoisotopic (exact) mass is 536 g/mol. The van der Waals surface area contributed by atoms with Crippen molar-refractivity contribution in [2.24, 2.45) is 5.10 Å². The Kier molecular flexibility index (Phi) is 10.3. The molecule has 0 atom stereocenters. The summed E-state index contributed by atoms with van der Waals surface area (Å²) >= 11 is 5.84. The highest BCUT2D eigenvalue weighted by atomic mass is 35.5. The second-order valence-electron chi connectivity index (χ2n) is 7.53. The predicted molar refractivity (Wildman–Crippen MR) is 145 cm³/mol. The normalized spacial score (nSPS) is 10.4. The molecule has 0 saturated heterocycles. The van der Waals surface area contributed by atoms with Gasteiger partial charge in [0.25, 0.3) is 5.91 Å². The van der Waals surface area contributed by atoms with Gasteiger partial charge in [0.2, 0.25) is 0 Å². The highest BCUT2D eigenvalue weighted by Gasteiger charge is 2.13. The Balaban J connectivity index is 1.49. The summed E-state index contributed by atoms with van der Waals surface area (Å²) in [5.74, 6) is -0.923. The van der Waals surface area contributed by atoms with E-state index in [0.717, 1.165) is 0 Å². The van der Waals surface area contributed by atoms with E-state index in [2.05, 4.69) is 27.7 Å². The smallest absolute Gasteiger partial charge is 0.329 e. The second-order valence-corrected chi connectivity index (χ2v) is 7.97. The summed E-state index contributed by atoms with van der Waals surface area (Å²) in [5, 5.41) is 9.52. The molecule has 3 rings (SSSR count). The molecule has 196 valence electrons. The number of methoxy groups -OCH3 is 1. The third kappa shape index (κ3) is 8.68. The maximum Gasteiger partial charge on any atom is 0.329 e. The molecule has 0 aliphatic rings. The molecule has 3 aromatic carbocycles. The Morgan fingerprint density at radius 2 is 1.58 bits per heavy atom. The average molecular weight is 537 g/mol. The van der Waals surface area contributed by atoms with Gasteiger partial charge < -0.3 is 24.8 Å². The number of ether oxygens (including phenoxy) is 3. The molecular formula is C27H25ClN4O6. The highest BCUT2D eigenvalue weighted by Crippen LogP contribution is 2.27. The highest BCUT2D eigenvalue weighted by molar-refractivity contribution is 6.39. The molecule has 11 heteroatoms. The lowest BCUT2D eigenvalue weighted by Crippen LogP contribution is -2.32. The van der Waals surface area contributed by atoms with Crippen LogP contribution < -0.4 is 30.3 Å². The fraction of sp³-hybridized carbons (Fsp3) is 0.111. The molecule has 0 aliphatic carbocycles. The number of halogens is 1. The summed E-state index contributed by atoms with van der Waals surface area (Å²) in [7, 11) is 1.45. The minimum atomic E-state index is -0.952. The zero-order valence-corrected chi connectivity index (χ0v) is 21.2. The fourth-order valence-corrected chi connectivity index (χ4v) is 3.08. The van der Waals surface area contributed by atoms with Crippen LogP contribution in [0.3, 0.4) is 0 Å². The number of carbonyl (C=O) groups excluding carboxylic acids is 3. The number of carbonyl (C=O) groups is 3. The average Bonchev–Trinajstić information content (AvgIpc) is 2.93. The molecular weight excluding hydrogens is 512 g/mol. The lowest BCUT2D eigenvalue weighted by molar-refractivity contribution is -0.136. The Morgan fingerprint density at radius 3 is 2.26 bits per heavy atom. The van der Waals surface area contributed by atoms with Gasteiger partial charge in [-0.05, 0) is 72.3 Å². The lowest BCUT2D eigenvalue weighted by Gasteiger charge is -2.11. The minimum absolute atomic E-state index is 0.248. The van der Waals surface area contributed by atoms with Crippen molar-refractivity contribution in [3.05, 3.63) is 90.0 Å². The van der Waals surface area contributed by atoms with Gasteiger partial charge in [-0.25, -0.2) is 5.43 Å². The number of hydrogen-bond acceptors (Lipinski definition) is 7. The van der Waals surface area contributed by atoms with E-state index in [0.29, 0.717) is 45.8 Å². The zero-order chi connectivity index (χ0) is 27.3. The van der Waals surface area contributed by atoms with Gasteiger partial charge in [0.1, 0.15) is 12.4 Å². The number of anilines is 2. The summed E-state index contributed by atoms with van der Waals surface area (Å²) < 4.78 is 16.2. The fourth-order valence-electron chi connectivity index (χ4n) is 2.95. The molecule has 10 nitrogen and oxygen atoms in total. The summed E-state index contributed by atoms with van der Waals surface area (Å²) in [5.41, 5.74) is 3.72. The van der Waals surface area contributed by atoms with Gasteiger partial charge in [-0.15, -0.1) is 0 Å². The van der Waals surface area contributed by atoms with Gasteiger partial charge in [-0.1, -0.05) is 24.3 Å². The quantitative estimate of drug-likeness (QED) is 0.147. The van der Waals surface area contributed by atoms with Crippen molar-refractivity contribution >= 4 is 46.9 Å². The molecule has 0 saturated carbocycles. The summed E-state index contributed by atoms with van der Waals surface area (Å²) in [6.45, 7) is 3.68. The first-order chi connectivity index (χ1) is 18.4. The maximum absolute atomic E-state index is 12.2. The van der Waals surface area contributed by atoms with E-state index in [9.17, 15) is 14.4 Å². The van der Waals surface area contributed by atoms with Gasteiger partial charge in [0.05, 0.1) is 13.3 Å². The number of rotatable bonds is 11. The van der Waals surface area contributed by atoms with Crippen molar-refractivity contribution in [1.29, 1.82) is 0 Å². The number of hydrogen-bond donors (Lipinski definition) is 3. The molecule has 3 amide bonds. The first-order valence-electron chi connectivity index (χ1n) is 11.2. The van der Waals surface area contributed by atoms with E-state index >= 15 is 0 Å². The van der Waals surface area contributed by atoms with Crippen molar-refractivity contribution in [3.63, 3.8) is 0 Å². The summed E-state index contributed by atoms with van der Waals surface area (Å²) in [6.07, 6.45) is 2.95. The molecule has 0 heterocycles. The van der Waals surface area contributed by atoms with Gasteiger partial charge in [-0.2, -0.15) is 5.10 Å². The van der Waals surface area contributed by atoms with Crippen LogP contribution in [0.15, 0.2) is 84.5 Å². The third-order valence-electron chi connectivity index (χ3n) is 4.74. The van der Waals surface area contributed by atoms with Crippen molar-refractivity contribution in [3.8, 4) is 17.2 Å². The summed E-state index contributed by atoms with van der Waals surface area (Å²) in [4.78, 5) is 36.3. The molecule has 0 fully saturated rings. The molecule has 0 spiro atoms. The van der Waals surface area contributed by atoms with Crippen molar-refractivity contribution in [2.75, 3.05) is 31.0 Å². The molecule has 0 bridgehead atoms. The van der Waals surface area contributed by atoms with Crippen molar-refractivity contribution in [2.45, 2.75) is 0 Å². The van der Waals surface area contributed by atoms with Crippen LogP contribution in [0.25, 0.3) is 0 Å². The third-order valence-corrected chi connectivity index (χ3v) is 4.99. The molecule has 0 radical (unpaired) electrons. The molecule has 0 aromatic heterocycles. The van der Waals surface area contributed by atoms with Crippen molar-refractivity contribution in [1.82, 2.24) is 5.43 Å². The molecule has 0 unspecified atom stereocenters. The van der Waals surface area contributed by atoms with E-state index in [4.69, 9.17) is 25.8 Å². The maximum atomic E-state index is 12.2. The van der Waals surface area contributed by atoms with Crippen LogP contribution in [0.2, 0.25) is 5.02 Å². The minimum Gasteiger partial charge on any atom is -0.493 e. The van der Waals surface area contributed by atoms with Crippen LogP contribution in [-0.4, -0.2) is 44.3 Å². The number of nitrogens with zero attached hydrogens (tertiary/aromatic N) is 1. The van der Waals surface area contributed by atoms with E-state index in [1.807, 2.05) is 0 Å². The summed E-state index contributed by atoms with van der Waals surface area (Å²) in [6, 6.07) is 18.0. The van der Waals surface area contributed by atoms with Gasteiger partial charge >= 0.3 is 11.8 Å². The van der Waals surface area contributed by atoms with E-state index < -0.39 is 11.8 Å². The van der Waals surface area contributed by atoms with Crippen LogP contribution >= 0.6 is 11.6 Å². The number of hydrazone groups is 1. The number of nitrogens with one attached hydrogen (secondary N) is 3. The van der Waals surface area contributed by atoms with E-state index in [-0.39, 0.29) is 12.5 Å². The predicted octanol–water partition coefficient (Wildman–Crippen LogP) is 4.02. The number of amides is 3. The molecule has 0 aliphatic heterocycles. The number of benzene rings is 3. The Morgan fingerprint density at radius 1 is 0.895 bits per heavy atom. The van der Waals surface area contributed by atoms with Crippen LogP contribution in [0.5, 0.6) is 17.2 Å². The zero-order valence-electron chi connectivity index (χ0n) is 20.4. The van der Waals surface area contributed by atoms with Gasteiger partial charge in [0.15, 0.2) is 18.1 Å². The SMILES string of the molecule is C=CCOc1ccc(NC(=O)C(=O)N/N=C\c2ccc(OCC(=O)Nc3ccc(Cl)cc3)c(OC)c2)cc1. The second kappa shape index (κ2) is 14.0. The first kappa shape index (κ1) is 27.8. The molecule has 38 heavy (non-hydrogen) atoms. The van der Waals surface area contributed by atoms with Gasteiger partial charge in [-0.3, -0.25) is 14.4 Å². The Labute approximate surface area is 224 Å². The van der Waals surface area contributed by atoms with Crippen LogP contribution in [0.1, 0.15) is 5.56 Å². The van der Waals surface area contributed by atoms with Crippen LogP contribution in [0.4, 0.5) is 11.4 Å².